The van der Waals surface area contributed by atoms with Gasteiger partial charge in [-0.1, -0.05) is 29.5 Å². The van der Waals surface area contributed by atoms with Crippen molar-refractivity contribution in [1.29, 1.82) is 0 Å². The number of benzene rings is 2. The van der Waals surface area contributed by atoms with Crippen LogP contribution in [-0.4, -0.2) is 66.4 Å². The van der Waals surface area contributed by atoms with Crippen LogP contribution in [0.4, 0.5) is 5.13 Å². The molecule has 0 unspecified atom stereocenters. The molecule has 0 spiro atoms. The predicted octanol–water partition coefficient (Wildman–Crippen LogP) is 4.90. The van der Waals surface area contributed by atoms with Crippen LogP contribution in [0.15, 0.2) is 53.6 Å². The number of carbonyl (C=O) groups is 1. The van der Waals surface area contributed by atoms with Crippen LogP contribution < -0.4 is 4.90 Å². The van der Waals surface area contributed by atoms with Gasteiger partial charge in [0.1, 0.15) is 0 Å². The SMILES string of the molecule is CSc1ccc2nc(N(CCN3CCOCC3)C(=O)c3c[nH]c4ccccc34)sc2c1.Cl. The second-order valence-corrected chi connectivity index (χ2v) is 9.38. The molecule has 3 heterocycles. The number of fused-ring (bicyclic) bond motifs is 2. The van der Waals surface area contributed by atoms with Crippen molar-refractivity contribution in [3.8, 4) is 0 Å². The summed E-state index contributed by atoms with van der Waals surface area (Å²) in [7, 11) is 0. The Labute approximate surface area is 201 Å². The molecular weight excluding hydrogens is 464 g/mol. The molecule has 2 aromatic heterocycles. The number of anilines is 1. The molecule has 1 N–H and O–H groups in total. The summed E-state index contributed by atoms with van der Waals surface area (Å²) < 4.78 is 6.57. The van der Waals surface area contributed by atoms with Gasteiger partial charge < -0.3 is 9.72 Å². The molecule has 32 heavy (non-hydrogen) atoms. The van der Waals surface area contributed by atoms with E-state index in [4.69, 9.17) is 9.72 Å². The molecule has 0 radical (unpaired) electrons. The van der Waals surface area contributed by atoms with E-state index in [2.05, 4.69) is 28.3 Å². The molecule has 1 fully saturated rings. The Morgan fingerprint density at radius 3 is 2.88 bits per heavy atom. The third-order valence-corrected chi connectivity index (χ3v) is 7.39. The van der Waals surface area contributed by atoms with Crippen LogP contribution >= 0.6 is 35.5 Å². The lowest BCUT2D eigenvalue weighted by Crippen LogP contribution is -2.43. The van der Waals surface area contributed by atoms with Gasteiger partial charge in [0, 0.05) is 48.2 Å². The number of hydrogen-bond acceptors (Lipinski definition) is 6. The summed E-state index contributed by atoms with van der Waals surface area (Å²) in [6.45, 7) is 4.67. The Kier molecular flexibility index (Phi) is 7.37. The molecule has 1 aliphatic heterocycles. The van der Waals surface area contributed by atoms with Crippen LogP contribution in [0.3, 0.4) is 0 Å². The predicted molar refractivity (Wildman–Crippen MR) is 136 cm³/mol. The van der Waals surface area contributed by atoms with E-state index in [0.717, 1.165) is 59.1 Å². The summed E-state index contributed by atoms with van der Waals surface area (Å²) >= 11 is 3.29. The van der Waals surface area contributed by atoms with E-state index in [1.54, 1.807) is 23.1 Å². The molecule has 168 valence electrons. The third-order valence-electron chi connectivity index (χ3n) is 5.62. The van der Waals surface area contributed by atoms with Crippen molar-refractivity contribution in [2.75, 3.05) is 50.5 Å². The highest BCUT2D eigenvalue weighted by atomic mass is 35.5. The zero-order chi connectivity index (χ0) is 21.2. The number of nitrogens with one attached hydrogen (secondary N) is 1. The molecule has 2 aromatic carbocycles. The zero-order valence-electron chi connectivity index (χ0n) is 17.7. The van der Waals surface area contributed by atoms with E-state index >= 15 is 0 Å². The van der Waals surface area contributed by atoms with Gasteiger partial charge in [-0.2, -0.15) is 0 Å². The van der Waals surface area contributed by atoms with Crippen molar-refractivity contribution < 1.29 is 9.53 Å². The lowest BCUT2D eigenvalue weighted by molar-refractivity contribution is 0.0391. The lowest BCUT2D eigenvalue weighted by atomic mass is 10.1. The fourth-order valence-corrected chi connectivity index (χ4v) is 5.42. The number of amides is 1. The van der Waals surface area contributed by atoms with Crippen molar-refractivity contribution in [3.05, 3.63) is 54.2 Å². The normalized spacial score (nSPS) is 14.5. The van der Waals surface area contributed by atoms with E-state index < -0.39 is 0 Å². The number of nitrogens with zero attached hydrogens (tertiary/aromatic N) is 3. The van der Waals surface area contributed by atoms with Crippen LogP contribution in [-0.2, 0) is 4.74 Å². The van der Waals surface area contributed by atoms with Crippen molar-refractivity contribution >= 4 is 67.7 Å². The standard InChI is InChI=1S/C23H24N4O2S2.ClH/c1-30-16-6-7-20-21(14-16)31-23(25-20)27(9-8-26-10-12-29-13-11-26)22(28)18-15-24-19-5-3-2-4-17(18)19;/h2-7,14-15,24H,8-13H2,1H3;1H. The average Bonchev–Trinajstić information content (AvgIpc) is 3.43. The van der Waals surface area contributed by atoms with Gasteiger partial charge in [-0.25, -0.2) is 4.98 Å². The van der Waals surface area contributed by atoms with Crippen LogP contribution in [0, 0.1) is 0 Å². The number of thioether (sulfide) groups is 1. The first-order valence-corrected chi connectivity index (χ1v) is 12.4. The van der Waals surface area contributed by atoms with Gasteiger partial charge in [-0.05, 0) is 30.5 Å². The summed E-state index contributed by atoms with van der Waals surface area (Å²) in [6, 6.07) is 14.2. The number of rotatable bonds is 6. The minimum Gasteiger partial charge on any atom is -0.379 e. The number of carbonyl (C=O) groups excluding carboxylic acids is 1. The van der Waals surface area contributed by atoms with Gasteiger partial charge in [0.15, 0.2) is 5.13 Å². The van der Waals surface area contributed by atoms with E-state index in [1.807, 2.05) is 41.4 Å². The number of H-pyrrole nitrogens is 1. The lowest BCUT2D eigenvalue weighted by Gasteiger charge is -2.29. The Hall–Kier alpha value is -2.10. The van der Waals surface area contributed by atoms with Gasteiger partial charge in [-0.15, -0.1) is 24.2 Å². The van der Waals surface area contributed by atoms with Crippen molar-refractivity contribution in [3.63, 3.8) is 0 Å². The molecule has 0 saturated carbocycles. The number of thiazole rings is 1. The zero-order valence-corrected chi connectivity index (χ0v) is 20.2. The number of aromatic amines is 1. The highest BCUT2D eigenvalue weighted by Gasteiger charge is 2.25. The van der Waals surface area contributed by atoms with Gasteiger partial charge >= 0.3 is 0 Å². The number of para-hydroxylation sites is 1. The Bertz CT molecular complexity index is 1220. The minimum atomic E-state index is -0.0187. The van der Waals surface area contributed by atoms with Crippen LogP contribution in [0.2, 0.25) is 0 Å². The largest absolute Gasteiger partial charge is 0.379 e. The number of morpholine rings is 1. The van der Waals surface area contributed by atoms with Crippen LogP contribution in [0.1, 0.15) is 10.4 Å². The first kappa shape index (κ1) is 23.1. The maximum atomic E-state index is 13.7. The van der Waals surface area contributed by atoms with Crippen molar-refractivity contribution in [1.82, 2.24) is 14.9 Å². The number of halogens is 1. The van der Waals surface area contributed by atoms with Crippen LogP contribution in [0.5, 0.6) is 0 Å². The topological polar surface area (TPSA) is 61.5 Å². The quantitative estimate of drug-likeness (QED) is 0.391. The van der Waals surface area contributed by atoms with E-state index in [-0.39, 0.29) is 18.3 Å². The molecule has 6 nitrogen and oxygen atoms in total. The first-order valence-electron chi connectivity index (χ1n) is 10.4. The maximum Gasteiger partial charge on any atom is 0.262 e. The second kappa shape index (κ2) is 10.2. The van der Waals surface area contributed by atoms with Crippen LogP contribution in [0.25, 0.3) is 21.1 Å². The summed E-state index contributed by atoms with van der Waals surface area (Å²) in [5, 5.41) is 1.69. The Morgan fingerprint density at radius 1 is 1.25 bits per heavy atom. The second-order valence-electron chi connectivity index (χ2n) is 7.49. The summed E-state index contributed by atoms with van der Waals surface area (Å²) in [5.74, 6) is -0.0187. The van der Waals surface area contributed by atoms with E-state index in [0.29, 0.717) is 12.1 Å². The molecule has 0 atom stereocenters. The summed E-state index contributed by atoms with van der Waals surface area (Å²) in [4.78, 5) is 27.2. The molecule has 1 amide bonds. The highest BCUT2D eigenvalue weighted by molar-refractivity contribution is 7.98. The van der Waals surface area contributed by atoms with Gasteiger partial charge in [0.2, 0.25) is 0 Å². The van der Waals surface area contributed by atoms with Gasteiger partial charge in [-0.3, -0.25) is 14.6 Å². The Balaban J connectivity index is 0.00000245. The molecule has 9 heteroatoms. The van der Waals surface area contributed by atoms with Crippen molar-refractivity contribution in [2.24, 2.45) is 0 Å². The van der Waals surface area contributed by atoms with Crippen molar-refractivity contribution in [2.45, 2.75) is 4.90 Å². The number of ether oxygens (including phenoxy) is 1. The molecule has 4 aromatic rings. The Morgan fingerprint density at radius 2 is 2.06 bits per heavy atom. The molecular formula is C23H25ClN4O2S2. The maximum absolute atomic E-state index is 13.7. The van der Waals surface area contributed by atoms with Gasteiger partial charge in [0.05, 0.1) is 29.0 Å². The number of aromatic nitrogens is 2. The average molecular weight is 489 g/mol. The van der Waals surface area contributed by atoms with E-state index in [9.17, 15) is 4.79 Å². The third kappa shape index (κ3) is 4.65. The van der Waals surface area contributed by atoms with E-state index in [1.165, 1.54) is 4.90 Å². The summed E-state index contributed by atoms with van der Waals surface area (Å²) in [5.41, 5.74) is 2.58. The molecule has 0 bridgehead atoms. The highest BCUT2D eigenvalue weighted by Crippen LogP contribution is 2.33. The molecule has 1 saturated heterocycles. The monoisotopic (exact) mass is 488 g/mol. The fourth-order valence-electron chi connectivity index (χ4n) is 3.88. The molecule has 0 aliphatic carbocycles. The molecule has 1 aliphatic rings. The smallest absolute Gasteiger partial charge is 0.262 e. The number of hydrogen-bond donors (Lipinski definition) is 1. The first-order chi connectivity index (χ1) is 15.2. The van der Waals surface area contributed by atoms with Gasteiger partial charge in [0.25, 0.3) is 5.91 Å². The fraction of sp³-hybridized carbons (Fsp3) is 0.304. The molecule has 5 rings (SSSR count). The minimum absolute atomic E-state index is 0. The summed E-state index contributed by atoms with van der Waals surface area (Å²) in [6.07, 6.45) is 3.88.